The Kier molecular flexibility index (Phi) is 11.0. The van der Waals surface area contributed by atoms with Crippen molar-refractivity contribution in [3.8, 4) is 0 Å². The molecule has 0 spiro atoms. The number of benzene rings is 1. The third-order valence-corrected chi connectivity index (χ3v) is 4.39. The zero-order valence-electron chi connectivity index (χ0n) is 15.6. The van der Waals surface area contributed by atoms with Crippen LogP contribution in [-0.2, 0) is 6.54 Å². The summed E-state index contributed by atoms with van der Waals surface area (Å²) in [7, 11) is 0. The van der Waals surface area contributed by atoms with Crippen LogP contribution in [0.3, 0.4) is 0 Å². The van der Waals surface area contributed by atoms with Crippen LogP contribution in [0.4, 0.5) is 8.78 Å². The first kappa shape index (κ1) is 23.0. The van der Waals surface area contributed by atoms with Crippen LogP contribution in [0.15, 0.2) is 23.2 Å². The van der Waals surface area contributed by atoms with Crippen LogP contribution >= 0.6 is 24.0 Å². The molecule has 0 aliphatic carbocycles. The normalized spacial score (nSPS) is 16.2. The Labute approximate surface area is 172 Å². The van der Waals surface area contributed by atoms with Crippen LogP contribution in [0.25, 0.3) is 0 Å². The number of nitrogens with zero attached hydrogens (tertiary/aromatic N) is 3. The van der Waals surface area contributed by atoms with Crippen LogP contribution in [0.1, 0.15) is 19.4 Å². The van der Waals surface area contributed by atoms with Crippen LogP contribution in [0.5, 0.6) is 0 Å². The molecule has 1 aromatic carbocycles. The second-order valence-electron chi connectivity index (χ2n) is 6.13. The van der Waals surface area contributed by atoms with Crippen molar-refractivity contribution in [1.29, 1.82) is 0 Å². The lowest BCUT2D eigenvalue weighted by Gasteiger charge is -2.34. The molecular formula is C18H30F2IN5. The zero-order chi connectivity index (χ0) is 18.1. The molecular weight excluding hydrogens is 451 g/mol. The number of piperazine rings is 1. The Balaban J connectivity index is 0.00000338. The highest BCUT2D eigenvalue weighted by molar-refractivity contribution is 14.0. The van der Waals surface area contributed by atoms with Gasteiger partial charge in [0.15, 0.2) is 5.96 Å². The summed E-state index contributed by atoms with van der Waals surface area (Å²) in [5.41, 5.74) is 0.257. The fraction of sp³-hybridized carbons (Fsp3) is 0.611. The number of hydrogen-bond acceptors (Lipinski definition) is 3. The molecule has 2 N–H and O–H groups in total. The number of nitrogens with one attached hydrogen (secondary N) is 2. The van der Waals surface area contributed by atoms with Crippen LogP contribution in [0.2, 0.25) is 0 Å². The molecule has 5 nitrogen and oxygen atoms in total. The topological polar surface area (TPSA) is 42.9 Å². The van der Waals surface area contributed by atoms with E-state index in [9.17, 15) is 8.78 Å². The molecule has 8 heteroatoms. The van der Waals surface area contributed by atoms with E-state index >= 15 is 0 Å². The van der Waals surface area contributed by atoms with Gasteiger partial charge in [-0.3, -0.25) is 4.90 Å². The van der Waals surface area contributed by atoms with E-state index in [0.717, 1.165) is 57.9 Å². The Hall–Kier alpha value is -1.00. The second-order valence-corrected chi connectivity index (χ2v) is 6.13. The van der Waals surface area contributed by atoms with Gasteiger partial charge in [0.2, 0.25) is 0 Å². The quantitative estimate of drug-likeness (QED) is 0.357. The van der Waals surface area contributed by atoms with E-state index < -0.39 is 11.6 Å². The first-order valence-corrected chi connectivity index (χ1v) is 9.03. The van der Waals surface area contributed by atoms with E-state index in [1.54, 1.807) is 0 Å². The van der Waals surface area contributed by atoms with Gasteiger partial charge in [0.05, 0.1) is 6.54 Å². The van der Waals surface area contributed by atoms with Crippen LogP contribution < -0.4 is 10.6 Å². The number of guanidine groups is 1. The summed E-state index contributed by atoms with van der Waals surface area (Å²) in [6.45, 7) is 12.2. The third kappa shape index (κ3) is 7.71. The number of halogens is 3. The van der Waals surface area contributed by atoms with Gasteiger partial charge in [0, 0.05) is 51.4 Å². The van der Waals surface area contributed by atoms with Gasteiger partial charge in [-0.15, -0.1) is 24.0 Å². The molecule has 0 saturated carbocycles. The van der Waals surface area contributed by atoms with Crippen molar-refractivity contribution in [3.63, 3.8) is 0 Å². The summed E-state index contributed by atoms with van der Waals surface area (Å²) < 4.78 is 26.9. The molecule has 1 heterocycles. The predicted octanol–water partition coefficient (Wildman–Crippen LogP) is 2.28. The largest absolute Gasteiger partial charge is 0.357 e. The minimum Gasteiger partial charge on any atom is -0.357 e. The lowest BCUT2D eigenvalue weighted by Crippen LogP contribution is -2.49. The molecule has 1 saturated heterocycles. The van der Waals surface area contributed by atoms with E-state index in [4.69, 9.17) is 0 Å². The SMILES string of the molecule is CCNC(=NCc1cc(F)ccc1F)NCCN1CCN(CC)CC1.I. The number of hydrogen-bond donors (Lipinski definition) is 2. The Morgan fingerprint density at radius 1 is 1.08 bits per heavy atom. The molecule has 148 valence electrons. The third-order valence-electron chi connectivity index (χ3n) is 4.39. The molecule has 0 amide bonds. The maximum atomic E-state index is 13.7. The fourth-order valence-corrected chi connectivity index (χ4v) is 2.83. The number of aliphatic imine (C=N–C) groups is 1. The first-order valence-electron chi connectivity index (χ1n) is 9.03. The van der Waals surface area contributed by atoms with Gasteiger partial charge in [-0.05, 0) is 31.7 Å². The molecule has 0 radical (unpaired) electrons. The number of likely N-dealkylation sites (N-methyl/N-ethyl adjacent to an activating group) is 1. The predicted molar refractivity (Wildman–Crippen MR) is 113 cm³/mol. The van der Waals surface area contributed by atoms with E-state index in [1.807, 2.05) is 6.92 Å². The maximum Gasteiger partial charge on any atom is 0.191 e. The smallest absolute Gasteiger partial charge is 0.191 e. The second kappa shape index (κ2) is 12.4. The minimum atomic E-state index is -0.448. The van der Waals surface area contributed by atoms with Gasteiger partial charge in [0.25, 0.3) is 0 Å². The molecule has 0 aromatic heterocycles. The monoisotopic (exact) mass is 481 g/mol. The molecule has 2 rings (SSSR count). The van der Waals surface area contributed by atoms with Gasteiger partial charge >= 0.3 is 0 Å². The van der Waals surface area contributed by atoms with Crippen molar-refractivity contribution < 1.29 is 8.78 Å². The van der Waals surface area contributed by atoms with E-state index in [0.29, 0.717) is 12.5 Å². The summed E-state index contributed by atoms with van der Waals surface area (Å²) in [6, 6.07) is 3.44. The molecule has 1 fully saturated rings. The standard InChI is InChI=1S/C18H29F2N5.HI/c1-3-21-18(23-14-15-13-16(19)5-6-17(15)20)22-7-8-25-11-9-24(4-2)10-12-25;/h5-6,13H,3-4,7-12,14H2,1-2H3,(H2,21,22,23);1H. The van der Waals surface area contributed by atoms with Gasteiger partial charge < -0.3 is 15.5 Å². The van der Waals surface area contributed by atoms with Gasteiger partial charge in [-0.25, -0.2) is 13.8 Å². The molecule has 1 aliphatic heterocycles. The molecule has 0 atom stereocenters. The van der Waals surface area contributed by atoms with Crippen molar-refractivity contribution in [3.05, 3.63) is 35.4 Å². The fourth-order valence-electron chi connectivity index (χ4n) is 2.83. The van der Waals surface area contributed by atoms with Gasteiger partial charge in [-0.1, -0.05) is 6.92 Å². The highest BCUT2D eigenvalue weighted by atomic mass is 127. The maximum absolute atomic E-state index is 13.7. The summed E-state index contributed by atoms with van der Waals surface area (Å²) in [5, 5.41) is 6.40. The molecule has 26 heavy (non-hydrogen) atoms. The van der Waals surface area contributed by atoms with E-state index in [2.05, 4.69) is 32.3 Å². The number of rotatable bonds is 7. The molecule has 1 aromatic rings. The average Bonchev–Trinajstić information content (AvgIpc) is 2.63. The summed E-state index contributed by atoms with van der Waals surface area (Å²) in [4.78, 5) is 9.23. The summed E-state index contributed by atoms with van der Waals surface area (Å²) in [5.74, 6) is -0.260. The average molecular weight is 481 g/mol. The molecule has 0 bridgehead atoms. The van der Waals surface area contributed by atoms with Crippen molar-refractivity contribution in [2.45, 2.75) is 20.4 Å². The Morgan fingerprint density at radius 2 is 1.77 bits per heavy atom. The summed E-state index contributed by atoms with van der Waals surface area (Å²) >= 11 is 0. The Bertz CT molecular complexity index is 563. The van der Waals surface area contributed by atoms with Crippen molar-refractivity contribution in [1.82, 2.24) is 20.4 Å². The van der Waals surface area contributed by atoms with Gasteiger partial charge in [-0.2, -0.15) is 0 Å². The lowest BCUT2D eigenvalue weighted by atomic mass is 10.2. The highest BCUT2D eigenvalue weighted by Gasteiger charge is 2.14. The first-order chi connectivity index (χ1) is 12.1. The van der Waals surface area contributed by atoms with Crippen LogP contribution in [0, 0.1) is 11.6 Å². The van der Waals surface area contributed by atoms with Crippen molar-refractivity contribution in [2.24, 2.45) is 4.99 Å². The van der Waals surface area contributed by atoms with E-state index in [1.165, 1.54) is 6.07 Å². The molecule has 0 unspecified atom stereocenters. The van der Waals surface area contributed by atoms with Crippen LogP contribution in [-0.4, -0.2) is 68.1 Å². The highest BCUT2D eigenvalue weighted by Crippen LogP contribution is 2.10. The Morgan fingerprint density at radius 3 is 2.42 bits per heavy atom. The summed E-state index contributed by atoms with van der Waals surface area (Å²) in [6.07, 6.45) is 0. The van der Waals surface area contributed by atoms with E-state index in [-0.39, 0.29) is 36.1 Å². The zero-order valence-corrected chi connectivity index (χ0v) is 17.9. The van der Waals surface area contributed by atoms with Crippen molar-refractivity contribution >= 4 is 29.9 Å². The minimum absolute atomic E-state index is 0. The molecule has 1 aliphatic rings. The lowest BCUT2D eigenvalue weighted by molar-refractivity contribution is 0.139. The van der Waals surface area contributed by atoms with Gasteiger partial charge in [0.1, 0.15) is 11.6 Å². The van der Waals surface area contributed by atoms with Crippen molar-refractivity contribution in [2.75, 3.05) is 52.4 Å².